The van der Waals surface area contributed by atoms with Gasteiger partial charge in [0.1, 0.15) is 5.82 Å². The number of hydrogen-bond acceptors (Lipinski definition) is 5. The number of nitrogens with one attached hydrogen (secondary N) is 1. The number of carbonyl (C=O) groups is 2. The molecule has 0 bridgehead atoms. The van der Waals surface area contributed by atoms with E-state index >= 15 is 0 Å². The molecule has 1 aliphatic heterocycles. The molecule has 0 radical (unpaired) electrons. The minimum Gasteiger partial charge on any atom is -0.479 e. The normalized spacial score (nSPS) is 16.2. The molecule has 1 aromatic heterocycles. The number of nitrogens with zero attached hydrogens (tertiary/aromatic N) is 3. The zero-order chi connectivity index (χ0) is 17.6. The number of carboxylic acid groups (broad SMARTS) is 1. The number of anilines is 1. The maximum absolute atomic E-state index is 12.5. The Morgan fingerprint density at radius 3 is 2.48 bits per heavy atom. The van der Waals surface area contributed by atoms with Crippen molar-refractivity contribution < 1.29 is 14.7 Å². The van der Waals surface area contributed by atoms with Gasteiger partial charge in [0.25, 0.3) is 0 Å². The molecule has 1 fully saturated rings. The third kappa shape index (κ3) is 4.12. The standard InChI is InChI=1S/C18H20N4O3/c23-17(21-16(18(24)25)13-4-2-1-3-5-13)14-6-10-22(11-7-14)15-12-19-8-9-20-15/h1-5,8-9,12,14,16H,6-7,10-11H2,(H,21,23)(H,24,25). The van der Waals surface area contributed by atoms with E-state index in [2.05, 4.69) is 20.2 Å². The van der Waals surface area contributed by atoms with Crippen LogP contribution < -0.4 is 10.2 Å². The molecular weight excluding hydrogens is 320 g/mol. The second kappa shape index (κ2) is 7.74. The van der Waals surface area contributed by atoms with E-state index in [1.54, 1.807) is 42.9 Å². The lowest BCUT2D eigenvalue weighted by Gasteiger charge is -2.32. The lowest BCUT2D eigenvalue weighted by Crippen LogP contribution is -2.43. The van der Waals surface area contributed by atoms with Crippen LogP contribution in [0.4, 0.5) is 5.82 Å². The quantitative estimate of drug-likeness (QED) is 0.859. The average molecular weight is 340 g/mol. The van der Waals surface area contributed by atoms with Gasteiger partial charge in [0, 0.05) is 31.4 Å². The van der Waals surface area contributed by atoms with Crippen molar-refractivity contribution in [3.63, 3.8) is 0 Å². The predicted octanol–water partition coefficient (Wildman–Crippen LogP) is 1.64. The van der Waals surface area contributed by atoms with E-state index in [0.717, 1.165) is 5.82 Å². The lowest BCUT2D eigenvalue weighted by atomic mass is 9.95. The summed E-state index contributed by atoms with van der Waals surface area (Å²) in [6, 6.07) is 7.72. The molecule has 3 rings (SSSR count). The van der Waals surface area contributed by atoms with Gasteiger partial charge in [-0.15, -0.1) is 0 Å². The summed E-state index contributed by atoms with van der Waals surface area (Å²) in [5.41, 5.74) is 0.570. The van der Waals surface area contributed by atoms with Crippen LogP contribution in [0.3, 0.4) is 0 Å². The molecule has 1 aliphatic rings. The largest absolute Gasteiger partial charge is 0.479 e. The molecule has 1 aromatic carbocycles. The fourth-order valence-electron chi connectivity index (χ4n) is 3.02. The fraction of sp³-hybridized carbons (Fsp3) is 0.333. The van der Waals surface area contributed by atoms with Crippen LogP contribution in [0.15, 0.2) is 48.9 Å². The van der Waals surface area contributed by atoms with E-state index in [0.29, 0.717) is 31.5 Å². The number of carbonyl (C=O) groups excluding carboxylic acids is 1. The van der Waals surface area contributed by atoms with Crippen molar-refractivity contribution in [1.82, 2.24) is 15.3 Å². The van der Waals surface area contributed by atoms with Gasteiger partial charge in [0.2, 0.25) is 5.91 Å². The first kappa shape index (κ1) is 16.9. The smallest absolute Gasteiger partial charge is 0.330 e. The summed E-state index contributed by atoms with van der Waals surface area (Å²) in [5.74, 6) is -0.667. The third-order valence-corrected chi connectivity index (χ3v) is 4.41. The molecule has 2 aromatic rings. The maximum atomic E-state index is 12.5. The molecule has 7 heteroatoms. The first-order chi connectivity index (χ1) is 12.1. The lowest BCUT2D eigenvalue weighted by molar-refractivity contribution is -0.142. The van der Waals surface area contributed by atoms with Gasteiger partial charge in [-0.05, 0) is 18.4 Å². The van der Waals surface area contributed by atoms with Crippen molar-refractivity contribution in [3.05, 3.63) is 54.5 Å². The summed E-state index contributed by atoms with van der Waals surface area (Å²) in [7, 11) is 0. The van der Waals surface area contributed by atoms with Gasteiger partial charge in [0.05, 0.1) is 6.20 Å². The molecule has 7 nitrogen and oxygen atoms in total. The molecule has 1 unspecified atom stereocenters. The van der Waals surface area contributed by atoms with E-state index in [1.807, 2.05) is 6.07 Å². The Morgan fingerprint density at radius 2 is 1.88 bits per heavy atom. The summed E-state index contributed by atoms with van der Waals surface area (Å²) in [6.07, 6.45) is 6.29. The van der Waals surface area contributed by atoms with Crippen LogP contribution in [-0.4, -0.2) is 40.0 Å². The molecule has 0 saturated carbocycles. The highest BCUT2D eigenvalue weighted by Gasteiger charge is 2.29. The maximum Gasteiger partial charge on any atom is 0.330 e. The number of aliphatic carboxylic acids is 1. The number of benzene rings is 1. The van der Waals surface area contributed by atoms with Gasteiger partial charge in [-0.3, -0.25) is 9.78 Å². The first-order valence-electron chi connectivity index (χ1n) is 8.24. The molecule has 0 spiro atoms. The predicted molar refractivity (Wildman–Crippen MR) is 91.9 cm³/mol. The Kier molecular flexibility index (Phi) is 5.23. The van der Waals surface area contributed by atoms with E-state index < -0.39 is 12.0 Å². The molecule has 2 N–H and O–H groups in total. The molecule has 1 saturated heterocycles. The van der Waals surface area contributed by atoms with Crippen LogP contribution in [-0.2, 0) is 9.59 Å². The Balaban J connectivity index is 1.59. The Hall–Kier alpha value is -2.96. The van der Waals surface area contributed by atoms with Crippen molar-refractivity contribution in [1.29, 1.82) is 0 Å². The van der Waals surface area contributed by atoms with E-state index in [-0.39, 0.29) is 11.8 Å². The number of carboxylic acids is 1. The number of hydrogen-bond donors (Lipinski definition) is 2. The highest BCUT2D eigenvalue weighted by molar-refractivity contribution is 5.86. The van der Waals surface area contributed by atoms with Crippen LogP contribution >= 0.6 is 0 Å². The molecule has 130 valence electrons. The minimum atomic E-state index is -1.06. The van der Waals surface area contributed by atoms with E-state index in [1.165, 1.54) is 0 Å². The van der Waals surface area contributed by atoms with E-state index in [9.17, 15) is 14.7 Å². The molecule has 2 heterocycles. The minimum absolute atomic E-state index is 0.196. The second-order valence-corrected chi connectivity index (χ2v) is 6.02. The van der Waals surface area contributed by atoms with Crippen LogP contribution in [0, 0.1) is 5.92 Å². The van der Waals surface area contributed by atoms with Gasteiger partial charge >= 0.3 is 5.97 Å². The van der Waals surface area contributed by atoms with Crippen LogP contribution in [0.5, 0.6) is 0 Å². The van der Waals surface area contributed by atoms with Crippen molar-refractivity contribution in [3.8, 4) is 0 Å². The van der Waals surface area contributed by atoms with Gasteiger partial charge in [-0.2, -0.15) is 0 Å². The van der Waals surface area contributed by atoms with Crippen LogP contribution in [0.25, 0.3) is 0 Å². The summed E-state index contributed by atoms with van der Waals surface area (Å²) in [5, 5.41) is 12.1. The number of amides is 1. The third-order valence-electron chi connectivity index (χ3n) is 4.41. The number of piperidine rings is 1. The summed E-state index contributed by atoms with van der Waals surface area (Å²) < 4.78 is 0. The highest BCUT2D eigenvalue weighted by atomic mass is 16.4. The molecule has 25 heavy (non-hydrogen) atoms. The topological polar surface area (TPSA) is 95.4 Å². The molecule has 0 aliphatic carbocycles. The van der Waals surface area contributed by atoms with Crippen LogP contribution in [0.1, 0.15) is 24.4 Å². The van der Waals surface area contributed by atoms with E-state index in [4.69, 9.17) is 0 Å². The SMILES string of the molecule is O=C(NC(C(=O)O)c1ccccc1)C1CCN(c2cnccn2)CC1. The molecule has 1 amide bonds. The Bertz CT molecular complexity index is 716. The van der Waals surface area contributed by atoms with Crippen molar-refractivity contribution >= 4 is 17.7 Å². The van der Waals surface area contributed by atoms with Gasteiger partial charge < -0.3 is 15.3 Å². The fourth-order valence-corrected chi connectivity index (χ4v) is 3.02. The summed E-state index contributed by atoms with van der Waals surface area (Å²) in [6.45, 7) is 1.39. The number of aromatic nitrogens is 2. The Morgan fingerprint density at radius 1 is 1.16 bits per heavy atom. The van der Waals surface area contributed by atoms with Gasteiger partial charge in [-0.1, -0.05) is 30.3 Å². The molecular formula is C18H20N4O3. The van der Waals surface area contributed by atoms with Crippen molar-refractivity contribution in [2.45, 2.75) is 18.9 Å². The van der Waals surface area contributed by atoms with Gasteiger partial charge in [0.15, 0.2) is 6.04 Å². The first-order valence-corrected chi connectivity index (χ1v) is 8.24. The summed E-state index contributed by atoms with van der Waals surface area (Å²) >= 11 is 0. The van der Waals surface area contributed by atoms with Crippen LogP contribution in [0.2, 0.25) is 0 Å². The van der Waals surface area contributed by atoms with Gasteiger partial charge in [-0.25, -0.2) is 9.78 Å². The Labute approximate surface area is 145 Å². The highest BCUT2D eigenvalue weighted by Crippen LogP contribution is 2.22. The second-order valence-electron chi connectivity index (χ2n) is 6.02. The van der Waals surface area contributed by atoms with Crippen molar-refractivity contribution in [2.75, 3.05) is 18.0 Å². The monoisotopic (exact) mass is 340 g/mol. The average Bonchev–Trinajstić information content (AvgIpc) is 2.67. The summed E-state index contributed by atoms with van der Waals surface area (Å²) in [4.78, 5) is 34.4. The number of rotatable bonds is 5. The van der Waals surface area contributed by atoms with Crippen molar-refractivity contribution in [2.24, 2.45) is 5.92 Å². The zero-order valence-corrected chi connectivity index (χ0v) is 13.7. The molecule has 1 atom stereocenters. The zero-order valence-electron chi connectivity index (χ0n) is 13.7.